The first-order valence-electron chi connectivity index (χ1n) is 12.5. The van der Waals surface area contributed by atoms with Crippen molar-refractivity contribution in [1.82, 2.24) is 4.90 Å². The molecule has 5 rings (SSSR count). The van der Waals surface area contributed by atoms with E-state index in [0.29, 0.717) is 18.0 Å². The third-order valence-electron chi connectivity index (χ3n) is 8.40. The molecule has 1 saturated carbocycles. The van der Waals surface area contributed by atoms with E-state index in [-0.39, 0.29) is 18.4 Å². The molecule has 0 amide bonds. The maximum absolute atomic E-state index is 13.8. The number of piperidine rings is 1. The molecule has 1 aliphatic carbocycles. The number of benzene rings is 2. The van der Waals surface area contributed by atoms with E-state index in [4.69, 9.17) is 0 Å². The number of halogens is 2. The largest absolute Gasteiger partial charge is 0.479 e. The SMILES string of the molecule is O=C(O)[C@](O)(c1cccc(CC2CC3CCC(C2)N3Cc2ccccc2)c1)[C@@H]1CCC(F)(F)C1. The molecule has 2 aromatic carbocycles. The standard InChI is InChI=1S/C28H33F2NO3/c29-27(30)12-11-23(17-27)28(34,26(32)33)22-8-4-7-20(14-22)13-21-15-24-9-10-25(16-21)31(24)18-19-5-2-1-3-6-19/h1-8,14,21,23-25,34H,9-13,15-18H2,(H,32,33)/t21?,23-,24?,25?,28+/m1/s1. The Hall–Kier alpha value is -2.31. The number of carboxylic acid groups (broad SMARTS) is 1. The van der Waals surface area contributed by atoms with Crippen LogP contribution in [0.25, 0.3) is 0 Å². The van der Waals surface area contributed by atoms with Crippen LogP contribution in [0.5, 0.6) is 0 Å². The topological polar surface area (TPSA) is 60.8 Å². The second kappa shape index (κ2) is 9.04. The van der Waals surface area contributed by atoms with Gasteiger partial charge in [-0.15, -0.1) is 0 Å². The van der Waals surface area contributed by atoms with Gasteiger partial charge in [0, 0.05) is 37.4 Å². The van der Waals surface area contributed by atoms with Gasteiger partial charge in [0.15, 0.2) is 5.60 Å². The number of rotatable bonds is 7. The van der Waals surface area contributed by atoms with Crippen molar-refractivity contribution in [1.29, 1.82) is 0 Å². The number of aliphatic carboxylic acids is 1. The molecule has 0 radical (unpaired) electrons. The van der Waals surface area contributed by atoms with Crippen molar-refractivity contribution < 1.29 is 23.8 Å². The summed E-state index contributed by atoms with van der Waals surface area (Å²) in [5.41, 5.74) is 0.261. The fraction of sp³-hybridized carbons (Fsp3) is 0.536. The minimum atomic E-state index is -2.92. The molecule has 2 aliphatic heterocycles. The number of nitrogens with zero attached hydrogens (tertiary/aromatic N) is 1. The number of hydrogen-bond donors (Lipinski definition) is 2. The van der Waals surface area contributed by atoms with E-state index in [2.05, 4.69) is 29.2 Å². The van der Waals surface area contributed by atoms with Gasteiger partial charge >= 0.3 is 5.97 Å². The summed E-state index contributed by atoms with van der Waals surface area (Å²) in [6.45, 7) is 0.982. The summed E-state index contributed by atoms with van der Waals surface area (Å²) in [4.78, 5) is 14.7. The lowest BCUT2D eigenvalue weighted by atomic mass is 9.78. The highest BCUT2D eigenvalue weighted by atomic mass is 19.3. The summed E-state index contributed by atoms with van der Waals surface area (Å²) in [6.07, 6.45) is 4.48. The molecule has 2 aromatic rings. The Morgan fingerprint density at radius 2 is 1.68 bits per heavy atom. The summed E-state index contributed by atoms with van der Waals surface area (Å²) in [7, 11) is 0. The van der Waals surface area contributed by atoms with Crippen LogP contribution in [-0.4, -0.2) is 39.1 Å². The van der Waals surface area contributed by atoms with Crippen LogP contribution in [0.2, 0.25) is 0 Å². The monoisotopic (exact) mass is 469 g/mol. The summed E-state index contributed by atoms with van der Waals surface area (Å²) in [5, 5.41) is 21.0. The maximum Gasteiger partial charge on any atom is 0.340 e. The lowest BCUT2D eigenvalue weighted by Crippen LogP contribution is -2.43. The zero-order chi connectivity index (χ0) is 23.9. The lowest BCUT2D eigenvalue weighted by Gasteiger charge is -2.39. The molecule has 182 valence electrons. The second-order valence-electron chi connectivity index (χ2n) is 10.7. The van der Waals surface area contributed by atoms with Gasteiger partial charge in [-0.05, 0) is 61.1 Å². The van der Waals surface area contributed by atoms with E-state index in [1.807, 2.05) is 12.1 Å². The van der Waals surface area contributed by atoms with Crippen LogP contribution in [0.3, 0.4) is 0 Å². The van der Waals surface area contributed by atoms with Gasteiger partial charge in [-0.25, -0.2) is 13.6 Å². The average molecular weight is 470 g/mol. The van der Waals surface area contributed by atoms with E-state index < -0.39 is 29.8 Å². The number of alkyl halides is 2. The molecule has 2 heterocycles. The zero-order valence-corrected chi connectivity index (χ0v) is 19.4. The molecular weight excluding hydrogens is 436 g/mol. The van der Waals surface area contributed by atoms with Gasteiger partial charge in [0.25, 0.3) is 0 Å². The molecule has 2 unspecified atom stereocenters. The summed E-state index contributed by atoms with van der Waals surface area (Å²) in [6, 6.07) is 18.7. The van der Waals surface area contributed by atoms with Crippen LogP contribution in [0, 0.1) is 11.8 Å². The van der Waals surface area contributed by atoms with Crippen LogP contribution < -0.4 is 0 Å². The molecule has 6 heteroatoms. The number of fused-ring (bicyclic) bond motifs is 2. The second-order valence-corrected chi connectivity index (χ2v) is 10.7. The molecular formula is C28H33F2NO3. The molecule has 2 saturated heterocycles. The first-order valence-corrected chi connectivity index (χ1v) is 12.5. The van der Waals surface area contributed by atoms with Crippen molar-refractivity contribution in [2.45, 2.75) is 81.5 Å². The van der Waals surface area contributed by atoms with Crippen molar-refractivity contribution in [2.75, 3.05) is 0 Å². The van der Waals surface area contributed by atoms with Gasteiger partial charge in [0.2, 0.25) is 5.92 Å². The molecule has 0 spiro atoms. The van der Waals surface area contributed by atoms with Gasteiger partial charge in [-0.2, -0.15) is 0 Å². The Balaban J connectivity index is 1.29. The number of hydrogen-bond acceptors (Lipinski definition) is 3. The Kier molecular flexibility index (Phi) is 6.23. The van der Waals surface area contributed by atoms with E-state index in [1.54, 1.807) is 18.2 Å². The first-order chi connectivity index (χ1) is 16.2. The summed E-state index contributed by atoms with van der Waals surface area (Å²) in [5.74, 6) is -4.86. The highest BCUT2D eigenvalue weighted by Crippen LogP contribution is 2.48. The van der Waals surface area contributed by atoms with Crippen LogP contribution in [-0.2, 0) is 23.4 Å². The molecule has 2 bridgehead atoms. The van der Waals surface area contributed by atoms with Gasteiger partial charge in [0.1, 0.15) is 0 Å². The summed E-state index contributed by atoms with van der Waals surface area (Å²) >= 11 is 0. The number of carboxylic acids is 1. The molecule has 3 fully saturated rings. The smallest absolute Gasteiger partial charge is 0.340 e. The predicted molar refractivity (Wildman–Crippen MR) is 125 cm³/mol. The highest BCUT2D eigenvalue weighted by Gasteiger charge is 2.53. The van der Waals surface area contributed by atoms with Crippen LogP contribution >= 0.6 is 0 Å². The molecule has 34 heavy (non-hydrogen) atoms. The van der Waals surface area contributed by atoms with Crippen LogP contribution in [0.4, 0.5) is 8.78 Å². The van der Waals surface area contributed by atoms with E-state index in [9.17, 15) is 23.8 Å². The van der Waals surface area contributed by atoms with E-state index >= 15 is 0 Å². The molecule has 2 N–H and O–H groups in total. The molecule has 0 aromatic heterocycles. The Morgan fingerprint density at radius 3 is 2.29 bits per heavy atom. The predicted octanol–water partition coefficient (Wildman–Crippen LogP) is 5.38. The van der Waals surface area contributed by atoms with Crippen molar-refractivity contribution >= 4 is 5.97 Å². The summed E-state index contributed by atoms with van der Waals surface area (Å²) < 4.78 is 27.7. The fourth-order valence-corrected chi connectivity index (χ4v) is 6.72. The number of carbonyl (C=O) groups is 1. The number of aliphatic hydroxyl groups is 1. The quantitative estimate of drug-likeness (QED) is 0.572. The van der Waals surface area contributed by atoms with Gasteiger partial charge < -0.3 is 10.2 Å². The first kappa shape index (κ1) is 23.4. The van der Waals surface area contributed by atoms with Crippen molar-refractivity contribution in [3.05, 3.63) is 71.3 Å². The Labute approximate surface area is 199 Å². The van der Waals surface area contributed by atoms with Crippen molar-refractivity contribution in [3.63, 3.8) is 0 Å². The minimum absolute atomic E-state index is 0.00324. The lowest BCUT2D eigenvalue weighted by molar-refractivity contribution is -0.167. The highest BCUT2D eigenvalue weighted by molar-refractivity contribution is 5.79. The van der Waals surface area contributed by atoms with Gasteiger partial charge in [-0.3, -0.25) is 4.90 Å². The third-order valence-corrected chi connectivity index (χ3v) is 8.40. The Bertz CT molecular complexity index is 1020. The third kappa shape index (κ3) is 4.50. The molecule has 4 atom stereocenters. The van der Waals surface area contributed by atoms with Gasteiger partial charge in [0.05, 0.1) is 0 Å². The minimum Gasteiger partial charge on any atom is -0.479 e. The Morgan fingerprint density at radius 1 is 1.00 bits per heavy atom. The van der Waals surface area contributed by atoms with Crippen molar-refractivity contribution in [2.24, 2.45) is 11.8 Å². The zero-order valence-electron chi connectivity index (χ0n) is 19.4. The fourth-order valence-electron chi connectivity index (χ4n) is 6.72. The van der Waals surface area contributed by atoms with Crippen LogP contribution in [0.15, 0.2) is 54.6 Å². The van der Waals surface area contributed by atoms with Crippen LogP contribution in [0.1, 0.15) is 61.6 Å². The normalized spacial score (nSPS) is 30.2. The average Bonchev–Trinajstić information content (AvgIpc) is 3.28. The van der Waals surface area contributed by atoms with Crippen molar-refractivity contribution in [3.8, 4) is 0 Å². The molecule has 4 nitrogen and oxygen atoms in total. The van der Waals surface area contributed by atoms with E-state index in [1.165, 1.54) is 18.4 Å². The maximum atomic E-state index is 13.8. The van der Waals surface area contributed by atoms with Gasteiger partial charge in [-0.1, -0.05) is 54.6 Å². The van der Waals surface area contributed by atoms with E-state index in [0.717, 1.165) is 31.4 Å². The molecule has 3 aliphatic rings.